The summed E-state index contributed by atoms with van der Waals surface area (Å²) < 4.78 is 1.12. The van der Waals surface area contributed by atoms with E-state index in [0.717, 1.165) is 10.9 Å². The zero-order chi connectivity index (χ0) is 10.7. The van der Waals surface area contributed by atoms with Crippen molar-refractivity contribution in [2.24, 2.45) is 5.73 Å². The van der Waals surface area contributed by atoms with Crippen molar-refractivity contribution < 1.29 is 0 Å². The van der Waals surface area contributed by atoms with E-state index < -0.39 is 0 Å². The van der Waals surface area contributed by atoms with Crippen LogP contribution in [0.1, 0.15) is 16.5 Å². The zero-order valence-corrected chi connectivity index (χ0v) is 10.6. The lowest BCUT2D eigenvalue weighted by molar-refractivity contribution is 0.733. The summed E-state index contributed by atoms with van der Waals surface area (Å²) in [6.07, 6.45) is 0.889. The van der Waals surface area contributed by atoms with Gasteiger partial charge in [0, 0.05) is 15.4 Å². The number of thiophene rings is 1. The Kier molecular flexibility index (Phi) is 3.57. The molecule has 1 atom stereocenters. The largest absolute Gasteiger partial charge is 0.323 e. The summed E-state index contributed by atoms with van der Waals surface area (Å²) in [5.74, 6) is 0. The summed E-state index contributed by atoms with van der Waals surface area (Å²) in [6.45, 7) is 0. The maximum atomic E-state index is 6.15. The van der Waals surface area contributed by atoms with E-state index in [4.69, 9.17) is 5.73 Å². The molecule has 1 aromatic carbocycles. The third kappa shape index (κ3) is 2.68. The van der Waals surface area contributed by atoms with Gasteiger partial charge in [0.05, 0.1) is 0 Å². The maximum Gasteiger partial charge on any atom is 0.0442 e. The fraction of sp³-hybridized carbons (Fsp3) is 0.167. The number of hydrogen-bond acceptors (Lipinski definition) is 2. The molecule has 1 heterocycles. The summed E-state index contributed by atoms with van der Waals surface area (Å²) >= 11 is 5.22. The second kappa shape index (κ2) is 4.92. The molecule has 2 aromatic rings. The molecule has 0 radical (unpaired) electrons. The van der Waals surface area contributed by atoms with Gasteiger partial charge in [-0.05, 0) is 39.4 Å². The summed E-state index contributed by atoms with van der Waals surface area (Å²) in [7, 11) is 0. The molecule has 78 valence electrons. The molecule has 1 nitrogen and oxygen atoms in total. The van der Waals surface area contributed by atoms with Crippen LogP contribution in [0.5, 0.6) is 0 Å². The molecule has 0 aliphatic carbocycles. The average molecular weight is 282 g/mol. The first kappa shape index (κ1) is 10.9. The fourth-order valence-corrected chi connectivity index (χ4v) is 3.20. The van der Waals surface area contributed by atoms with Crippen LogP contribution in [0.2, 0.25) is 0 Å². The lowest BCUT2D eigenvalue weighted by Crippen LogP contribution is -2.12. The van der Waals surface area contributed by atoms with Gasteiger partial charge in [-0.1, -0.05) is 30.3 Å². The van der Waals surface area contributed by atoms with E-state index in [0.29, 0.717) is 0 Å². The predicted molar refractivity (Wildman–Crippen MR) is 69.1 cm³/mol. The van der Waals surface area contributed by atoms with Gasteiger partial charge in [0.2, 0.25) is 0 Å². The second-order valence-corrected chi connectivity index (χ2v) is 5.23. The van der Waals surface area contributed by atoms with E-state index in [-0.39, 0.29) is 6.04 Å². The van der Waals surface area contributed by atoms with Crippen LogP contribution in [-0.2, 0) is 6.42 Å². The quantitative estimate of drug-likeness (QED) is 0.911. The number of benzene rings is 1. The van der Waals surface area contributed by atoms with Crippen molar-refractivity contribution in [3.05, 3.63) is 56.7 Å². The summed E-state index contributed by atoms with van der Waals surface area (Å²) in [4.78, 5) is 1.22. The van der Waals surface area contributed by atoms with Gasteiger partial charge < -0.3 is 5.73 Å². The standard InChI is InChI=1S/C12H12BrNS/c13-10-6-7-15-12(10)11(14)8-9-4-2-1-3-5-9/h1-7,11H,8,14H2. The predicted octanol–water partition coefficient (Wildman–Crippen LogP) is 3.75. The highest BCUT2D eigenvalue weighted by Gasteiger charge is 2.11. The Morgan fingerprint density at radius 1 is 1.20 bits per heavy atom. The van der Waals surface area contributed by atoms with Crippen LogP contribution in [0.3, 0.4) is 0 Å². The van der Waals surface area contributed by atoms with Crippen LogP contribution in [0, 0.1) is 0 Å². The number of rotatable bonds is 3. The molecular formula is C12H12BrNS. The van der Waals surface area contributed by atoms with Gasteiger partial charge in [-0.2, -0.15) is 0 Å². The summed E-state index contributed by atoms with van der Waals surface area (Å²) in [6, 6.07) is 12.5. The van der Waals surface area contributed by atoms with E-state index in [1.807, 2.05) is 24.3 Å². The Labute approximate surface area is 102 Å². The van der Waals surface area contributed by atoms with Gasteiger partial charge >= 0.3 is 0 Å². The normalized spacial score (nSPS) is 12.7. The number of halogens is 1. The molecule has 1 unspecified atom stereocenters. The van der Waals surface area contributed by atoms with E-state index in [1.54, 1.807) is 11.3 Å². The molecule has 2 N–H and O–H groups in total. The molecule has 1 aromatic heterocycles. The van der Waals surface area contributed by atoms with Gasteiger partial charge in [0.1, 0.15) is 0 Å². The molecule has 2 rings (SSSR count). The minimum absolute atomic E-state index is 0.0850. The molecule has 0 fully saturated rings. The third-order valence-electron chi connectivity index (χ3n) is 2.28. The molecule has 0 saturated carbocycles. The topological polar surface area (TPSA) is 26.0 Å². The van der Waals surface area contributed by atoms with Crippen LogP contribution >= 0.6 is 27.3 Å². The SMILES string of the molecule is NC(Cc1ccccc1)c1sccc1Br. The molecule has 0 saturated heterocycles. The first-order valence-electron chi connectivity index (χ1n) is 4.80. The lowest BCUT2D eigenvalue weighted by Gasteiger charge is -2.10. The smallest absolute Gasteiger partial charge is 0.0442 e. The molecule has 3 heteroatoms. The summed E-state index contributed by atoms with van der Waals surface area (Å²) in [5.41, 5.74) is 7.44. The number of nitrogens with two attached hydrogens (primary N) is 1. The minimum atomic E-state index is 0.0850. The van der Waals surface area contributed by atoms with E-state index >= 15 is 0 Å². The highest BCUT2D eigenvalue weighted by atomic mass is 79.9. The van der Waals surface area contributed by atoms with Crippen LogP contribution < -0.4 is 5.73 Å². The molecule has 0 amide bonds. The van der Waals surface area contributed by atoms with E-state index in [1.165, 1.54) is 10.4 Å². The lowest BCUT2D eigenvalue weighted by atomic mass is 10.1. The van der Waals surface area contributed by atoms with Crippen molar-refractivity contribution in [2.75, 3.05) is 0 Å². The first-order chi connectivity index (χ1) is 7.27. The fourth-order valence-electron chi connectivity index (χ4n) is 1.53. The monoisotopic (exact) mass is 281 g/mol. The van der Waals surface area contributed by atoms with Crippen molar-refractivity contribution in [1.29, 1.82) is 0 Å². The van der Waals surface area contributed by atoms with Crippen LogP contribution in [-0.4, -0.2) is 0 Å². The number of hydrogen-bond donors (Lipinski definition) is 1. The maximum absolute atomic E-state index is 6.15. The minimum Gasteiger partial charge on any atom is -0.323 e. The zero-order valence-electron chi connectivity index (χ0n) is 8.19. The Hall–Kier alpha value is -0.640. The molecule has 0 spiro atoms. The Morgan fingerprint density at radius 2 is 1.93 bits per heavy atom. The van der Waals surface area contributed by atoms with Crippen molar-refractivity contribution >= 4 is 27.3 Å². The first-order valence-corrected chi connectivity index (χ1v) is 6.47. The van der Waals surface area contributed by atoms with E-state index in [9.17, 15) is 0 Å². The average Bonchev–Trinajstić information content (AvgIpc) is 2.66. The highest BCUT2D eigenvalue weighted by molar-refractivity contribution is 9.10. The van der Waals surface area contributed by atoms with Crippen molar-refractivity contribution in [3.8, 4) is 0 Å². The van der Waals surface area contributed by atoms with Gasteiger partial charge in [-0.15, -0.1) is 11.3 Å². The Bertz CT molecular complexity index is 424. The van der Waals surface area contributed by atoms with Crippen LogP contribution in [0.15, 0.2) is 46.3 Å². The summed E-state index contributed by atoms with van der Waals surface area (Å²) in [5, 5.41) is 2.06. The molecule has 15 heavy (non-hydrogen) atoms. The highest BCUT2D eigenvalue weighted by Crippen LogP contribution is 2.29. The molecule has 0 aliphatic heterocycles. The van der Waals surface area contributed by atoms with Crippen LogP contribution in [0.25, 0.3) is 0 Å². The van der Waals surface area contributed by atoms with Gasteiger partial charge in [0.15, 0.2) is 0 Å². The van der Waals surface area contributed by atoms with Crippen LogP contribution in [0.4, 0.5) is 0 Å². The van der Waals surface area contributed by atoms with Gasteiger partial charge in [-0.25, -0.2) is 0 Å². The molecular weight excluding hydrogens is 270 g/mol. The Morgan fingerprint density at radius 3 is 2.53 bits per heavy atom. The second-order valence-electron chi connectivity index (χ2n) is 3.43. The molecule has 0 bridgehead atoms. The van der Waals surface area contributed by atoms with Crippen molar-refractivity contribution in [3.63, 3.8) is 0 Å². The van der Waals surface area contributed by atoms with Crippen molar-refractivity contribution in [1.82, 2.24) is 0 Å². The van der Waals surface area contributed by atoms with E-state index in [2.05, 4.69) is 33.4 Å². The van der Waals surface area contributed by atoms with Crippen molar-refractivity contribution in [2.45, 2.75) is 12.5 Å². The Balaban J connectivity index is 2.11. The third-order valence-corrected chi connectivity index (χ3v) is 4.28. The van der Waals surface area contributed by atoms with Gasteiger partial charge in [0.25, 0.3) is 0 Å². The van der Waals surface area contributed by atoms with Gasteiger partial charge in [-0.3, -0.25) is 0 Å². The molecule has 0 aliphatic rings.